The van der Waals surface area contributed by atoms with Crippen LogP contribution in [0.1, 0.15) is 21.7 Å². The van der Waals surface area contributed by atoms with Crippen LogP contribution in [0.3, 0.4) is 0 Å². The van der Waals surface area contributed by atoms with E-state index in [1.807, 2.05) is 58.6 Å². The summed E-state index contributed by atoms with van der Waals surface area (Å²) in [6.45, 7) is 2.96. The first-order valence-corrected chi connectivity index (χ1v) is 12.0. The Balaban J connectivity index is 1.19. The molecule has 0 aliphatic carbocycles. The van der Waals surface area contributed by atoms with E-state index in [-0.39, 0.29) is 12.0 Å². The Bertz CT molecular complexity index is 1250. The molecule has 34 heavy (non-hydrogen) atoms. The minimum Gasteiger partial charge on any atom is -0.370 e. The monoisotopic (exact) mass is 471 g/mol. The lowest BCUT2D eigenvalue weighted by molar-refractivity contribution is 0.0722. The molecule has 5 rings (SSSR count). The summed E-state index contributed by atoms with van der Waals surface area (Å²) < 4.78 is 7.82. The fourth-order valence-electron chi connectivity index (χ4n) is 3.90. The molecule has 4 aromatic rings. The molecule has 0 radical (unpaired) electrons. The topological polar surface area (TPSA) is 72.3 Å². The highest BCUT2D eigenvalue weighted by Gasteiger charge is 2.19. The molecule has 0 saturated carbocycles. The van der Waals surface area contributed by atoms with E-state index in [1.165, 1.54) is 17.0 Å². The molecule has 1 N–H and O–H groups in total. The molecule has 0 spiro atoms. The summed E-state index contributed by atoms with van der Waals surface area (Å²) in [4.78, 5) is 23.8. The number of hydrogen-bond donors (Lipinski definition) is 1. The maximum absolute atomic E-state index is 12.9. The van der Waals surface area contributed by atoms with E-state index in [1.54, 1.807) is 12.4 Å². The van der Waals surface area contributed by atoms with E-state index in [0.717, 1.165) is 24.3 Å². The number of thiazole rings is 1. The molecule has 1 aliphatic rings. The standard InChI is InChI=1S/C26H25N5O2S/c32-25(24-7-4-14-31(24)17-20-10-12-27-13-11-20)29-26-28-21(19-34-26)8-9-23-18-30(15-16-33-23)22-5-2-1-3-6-22/h1-14,19,23H,15-18H2,(H,28,29,32)/b9-8+. The molecule has 3 aromatic heterocycles. The van der Waals surface area contributed by atoms with E-state index in [4.69, 9.17) is 4.74 Å². The first-order valence-electron chi connectivity index (χ1n) is 11.2. The van der Waals surface area contributed by atoms with Crippen molar-refractivity contribution in [2.24, 2.45) is 0 Å². The van der Waals surface area contributed by atoms with Crippen LogP contribution in [0.15, 0.2) is 84.6 Å². The molecule has 1 atom stereocenters. The Morgan fingerprint density at radius 3 is 2.85 bits per heavy atom. The number of aromatic nitrogens is 3. The largest absolute Gasteiger partial charge is 0.370 e. The van der Waals surface area contributed by atoms with Gasteiger partial charge in [0.2, 0.25) is 0 Å². The summed E-state index contributed by atoms with van der Waals surface area (Å²) in [5.74, 6) is -0.182. The fourth-order valence-corrected chi connectivity index (χ4v) is 4.57. The number of ether oxygens (including phenoxy) is 1. The number of nitrogens with one attached hydrogen (secondary N) is 1. The lowest BCUT2D eigenvalue weighted by Crippen LogP contribution is -2.41. The van der Waals surface area contributed by atoms with Crippen LogP contribution in [0, 0.1) is 0 Å². The highest BCUT2D eigenvalue weighted by Crippen LogP contribution is 2.21. The molecular weight excluding hydrogens is 446 g/mol. The molecule has 1 saturated heterocycles. The summed E-state index contributed by atoms with van der Waals surface area (Å²) in [5, 5.41) is 5.42. The number of carbonyl (C=O) groups is 1. The summed E-state index contributed by atoms with van der Waals surface area (Å²) in [6, 6.07) is 17.9. The summed E-state index contributed by atoms with van der Waals surface area (Å²) in [6.07, 6.45) is 9.38. The van der Waals surface area contributed by atoms with Gasteiger partial charge in [0.15, 0.2) is 5.13 Å². The molecule has 1 aromatic carbocycles. The second kappa shape index (κ2) is 10.5. The number of pyridine rings is 1. The molecule has 8 heteroatoms. The first kappa shape index (κ1) is 22.1. The molecule has 1 fully saturated rings. The molecule has 7 nitrogen and oxygen atoms in total. The molecule has 4 heterocycles. The number of anilines is 2. The van der Waals surface area contributed by atoms with E-state index >= 15 is 0 Å². The number of morpholine rings is 1. The third kappa shape index (κ3) is 5.41. The molecule has 0 bridgehead atoms. The van der Waals surface area contributed by atoms with Gasteiger partial charge in [-0.05, 0) is 48.0 Å². The van der Waals surface area contributed by atoms with Gasteiger partial charge in [-0.2, -0.15) is 0 Å². The van der Waals surface area contributed by atoms with Crippen LogP contribution in [-0.2, 0) is 11.3 Å². The average molecular weight is 472 g/mol. The van der Waals surface area contributed by atoms with Gasteiger partial charge in [-0.1, -0.05) is 24.3 Å². The zero-order valence-electron chi connectivity index (χ0n) is 18.6. The zero-order chi connectivity index (χ0) is 23.2. The van der Waals surface area contributed by atoms with Gasteiger partial charge in [0, 0.05) is 49.3 Å². The van der Waals surface area contributed by atoms with Crippen LogP contribution in [0.2, 0.25) is 0 Å². The number of nitrogens with zero attached hydrogens (tertiary/aromatic N) is 4. The third-order valence-electron chi connectivity index (χ3n) is 5.60. The fraction of sp³-hybridized carbons (Fsp3) is 0.192. The first-order chi connectivity index (χ1) is 16.7. The van der Waals surface area contributed by atoms with Gasteiger partial charge in [-0.25, -0.2) is 4.98 Å². The molecule has 172 valence electrons. The number of amides is 1. The smallest absolute Gasteiger partial charge is 0.274 e. The summed E-state index contributed by atoms with van der Waals surface area (Å²) in [5.41, 5.74) is 3.67. The number of carbonyl (C=O) groups excluding carboxylic acids is 1. The van der Waals surface area contributed by atoms with Crippen LogP contribution in [0.25, 0.3) is 6.08 Å². The quantitative estimate of drug-likeness (QED) is 0.428. The van der Waals surface area contributed by atoms with E-state index < -0.39 is 0 Å². The minimum absolute atomic E-state index is 0.00911. The van der Waals surface area contributed by atoms with Crippen LogP contribution < -0.4 is 10.2 Å². The van der Waals surface area contributed by atoms with E-state index in [0.29, 0.717) is 24.0 Å². The number of benzene rings is 1. The molecule has 1 unspecified atom stereocenters. The Hall–Kier alpha value is -3.75. The van der Waals surface area contributed by atoms with Gasteiger partial charge in [-0.15, -0.1) is 11.3 Å². The highest BCUT2D eigenvalue weighted by molar-refractivity contribution is 7.14. The van der Waals surface area contributed by atoms with Crippen molar-refractivity contribution in [3.8, 4) is 0 Å². The Kier molecular flexibility index (Phi) is 6.78. The van der Waals surface area contributed by atoms with Crippen LogP contribution in [-0.4, -0.2) is 46.2 Å². The van der Waals surface area contributed by atoms with E-state index in [2.05, 4.69) is 44.5 Å². The van der Waals surface area contributed by atoms with Crippen LogP contribution >= 0.6 is 11.3 Å². The van der Waals surface area contributed by atoms with Crippen molar-refractivity contribution in [1.29, 1.82) is 0 Å². The van der Waals surface area contributed by atoms with E-state index in [9.17, 15) is 4.79 Å². The average Bonchev–Trinajstić information content (AvgIpc) is 3.53. The van der Waals surface area contributed by atoms with Crippen LogP contribution in [0.5, 0.6) is 0 Å². The Morgan fingerprint density at radius 1 is 1.15 bits per heavy atom. The normalized spacial score (nSPS) is 16.1. The van der Waals surface area contributed by atoms with Crippen molar-refractivity contribution in [3.63, 3.8) is 0 Å². The van der Waals surface area contributed by atoms with Gasteiger partial charge in [0.1, 0.15) is 5.69 Å². The second-order valence-electron chi connectivity index (χ2n) is 7.96. The maximum Gasteiger partial charge on any atom is 0.274 e. The van der Waals surface area contributed by atoms with Crippen LogP contribution in [0.4, 0.5) is 10.8 Å². The maximum atomic E-state index is 12.9. The van der Waals surface area contributed by atoms with Gasteiger partial charge >= 0.3 is 0 Å². The number of rotatable bonds is 7. The number of para-hydroxylation sites is 1. The highest BCUT2D eigenvalue weighted by atomic mass is 32.1. The van der Waals surface area contributed by atoms with Gasteiger partial charge in [0.25, 0.3) is 5.91 Å². The third-order valence-corrected chi connectivity index (χ3v) is 6.38. The summed E-state index contributed by atoms with van der Waals surface area (Å²) >= 11 is 1.41. The predicted molar refractivity (Wildman–Crippen MR) is 135 cm³/mol. The molecular formula is C26H25N5O2S. The SMILES string of the molecule is O=C(Nc1nc(/C=C/C2CN(c3ccccc3)CCO2)cs1)c1cccn1Cc1ccncc1. The van der Waals surface area contributed by atoms with Gasteiger partial charge < -0.3 is 14.2 Å². The van der Waals surface area contributed by atoms with Gasteiger partial charge in [-0.3, -0.25) is 15.1 Å². The molecule has 1 amide bonds. The molecule has 1 aliphatic heterocycles. The van der Waals surface area contributed by atoms with Gasteiger partial charge in [0.05, 0.1) is 18.4 Å². The minimum atomic E-state index is -0.182. The van der Waals surface area contributed by atoms with Crippen molar-refractivity contribution in [3.05, 3.63) is 102 Å². The van der Waals surface area contributed by atoms with Crippen molar-refractivity contribution in [1.82, 2.24) is 14.5 Å². The predicted octanol–water partition coefficient (Wildman–Crippen LogP) is 4.56. The lowest BCUT2D eigenvalue weighted by Gasteiger charge is -2.33. The second-order valence-corrected chi connectivity index (χ2v) is 8.82. The Morgan fingerprint density at radius 2 is 2.00 bits per heavy atom. The van der Waals surface area contributed by atoms with Crippen molar-refractivity contribution < 1.29 is 9.53 Å². The van der Waals surface area contributed by atoms with Crippen molar-refractivity contribution in [2.75, 3.05) is 29.9 Å². The summed E-state index contributed by atoms with van der Waals surface area (Å²) in [7, 11) is 0. The zero-order valence-corrected chi connectivity index (χ0v) is 19.4. The van der Waals surface area contributed by atoms with Crippen molar-refractivity contribution in [2.45, 2.75) is 12.6 Å². The van der Waals surface area contributed by atoms with Crippen molar-refractivity contribution >= 4 is 34.1 Å². The Labute approximate surface area is 202 Å². The number of hydrogen-bond acceptors (Lipinski definition) is 6. The lowest BCUT2D eigenvalue weighted by atomic mass is 10.2.